The molecule has 1 heterocycles. The van der Waals surface area contributed by atoms with Crippen molar-refractivity contribution >= 4 is 35.3 Å². The van der Waals surface area contributed by atoms with Crippen LogP contribution >= 0.6 is 23.5 Å². The van der Waals surface area contributed by atoms with E-state index in [1.54, 1.807) is 18.7 Å². The lowest BCUT2D eigenvalue weighted by Crippen LogP contribution is -2.32. The third kappa shape index (κ3) is 4.01. The molecule has 1 aliphatic rings. The van der Waals surface area contributed by atoms with Gasteiger partial charge >= 0.3 is 5.97 Å². The van der Waals surface area contributed by atoms with E-state index in [9.17, 15) is 9.59 Å². The molecule has 0 amide bonds. The van der Waals surface area contributed by atoms with Crippen molar-refractivity contribution in [2.45, 2.75) is 42.9 Å². The summed E-state index contributed by atoms with van der Waals surface area (Å²) in [7, 11) is 0. The Labute approximate surface area is 105 Å². The molecule has 92 valence electrons. The van der Waals surface area contributed by atoms with E-state index >= 15 is 0 Å². The van der Waals surface area contributed by atoms with Crippen LogP contribution in [0.2, 0.25) is 0 Å². The quantitative estimate of drug-likeness (QED) is 0.573. The SMILES string of the molecule is CCOC(=O)CC(=O)C1CSC(C)C(C)S1. The third-order valence-corrected chi connectivity index (χ3v) is 5.97. The van der Waals surface area contributed by atoms with Gasteiger partial charge in [-0.05, 0) is 6.92 Å². The largest absolute Gasteiger partial charge is 0.466 e. The fourth-order valence-electron chi connectivity index (χ4n) is 1.42. The molecule has 0 bridgehead atoms. The molecule has 0 N–H and O–H groups in total. The van der Waals surface area contributed by atoms with Gasteiger partial charge in [0.2, 0.25) is 0 Å². The van der Waals surface area contributed by atoms with Gasteiger partial charge in [-0.1, -0.05) is 13.8 Å². The summed E-state index contributed by atoms with van der Waals surface area (Å²) >= 11 is 3.49. The predicted molar refractivity (Wildman–Crippen MR) is 69.0 cm³/mol. The Balaban J connectivity index is 2.40. The van der Waals surface area contributed by atoms with Crippen LogP contribution in [0.4, 0.5) is 0 Å². The van der Waals surface area contributed by atoms with Crippen molar-refractivity contribution in [3.05, 3.63) is 0 Å². The number of thioether (sulfide) groups is 2. The molecule has 0 aliphatic carbocycles. The van der Waals surface area contributed by atoms with Crippen LogP contribution in [0.25, 0.3) is 0 Å². The van der Waals surface area contributed by atoms with E-state index in [-0.39, 0.29) is 17.5 Å². The zero-order valence-electron chi connectivity index (χ0n) is 9.89. The van der Waals surface area contributed by atoms with E-state index in [4.69, 9.17) is 4.74 Å². The molecule has 1 rings (SSSR count). The Hall–Kier alpha value is -0.160. The van der Waals surface area contributed by atoms with Crippen molar-refractivity contribution in [3.8, 4) is 0 Å². The number of carbonyl (C=O) groups excluding carboxylic acids is 2. The van der Waals surface area contributed by atoms with E-state index < -0.39 is 5.97 Å². The molecule has 0 saturated carbocycles. The first-order chi connectivity index (χ1) is 7.54. The highest BCUT2D eigenvalue weighted by Crippen LogP contribution is 2.36. The molecular formula is C11H18O3S2. The van der Waals surface area contributed by atoms with Gasteiger partial charge in [0.15, 0.2) is 5.78 Å². The van der Waals surface area contributed by atoms with Crippen molar-refractivity contribution < 1.29 is 14.3 Å². The minimum atomic E-state index is -0.399. The summed E-state index contributed by atoms with van der Waals surface area (Å²) in [6.45, 7) is 6.39. The van der Waals surface area contributed by atoms with Crippen molar-refractivity contribution in [2.75, 3.05) is 12.4 Å². The average molecular weight is 262 g/mol. The number of esters is 1. The monoisotopic (exact) mass is 262 g/mol. The zero-order chi connectivity index (χ0) is 12.1. The Bertz CT molecular complexity index is 268. The minimum absolute atomic E-state index is 0.00898. The molecule has 16 heavy (non-hydrogen) atoms. The highest BCUT2D eigenvalue weighted by molar-refractivity contribution is 8.08. The Morgan fingerprint density at radius 2 is 2.00 bits per heavy atom. The highest BCUT2D eigenvalue weighted by atomic mass is 32.2. The maximum Gasteiger partial charge on any atom is 0.313 e. The maximum absolute atomic E-state index is 11.8. The first-order valence-electron chi connectivity index (χ1n) is 5.50. The lowest BCUT2D eigenvalue weighted by atomic mass is 10.2. The highest BCUT2D eigenvalue weighted by Gasteiger charge is 2.31. The van der Waals surface area contributed by atoms with Crippen LogP contribution in [-0.2, 0) is 14.3 Å². The predicted octanol–water partition coefficient (Wildman–Crippen LogP) is 2.13. The second-order valence-electron chi connectivity index (χ2n) is 3.82. The van der Waals surface area contributed by atoms with E-state index in [1.807, 2.05) is 11.8 Å². The molecule has 0 aromatic heterocycles. The summed E-state index contributed by atoms with van der Waals surface area (Å²) in [5.41, 5.74) is 0. The van der Waals surface area contributed by atoms with Crippen LogP contribution in [0.3, 0.4) is 0 Å². The fraction of sp³-hybridized carbons (Fsp3) is 0.818. The lowest BCUT2D eigenvalue weighted by molar-refractivity contribution is -0.145. The van der Waals surface area contributed by atoms with Gasteiger partial charge in [-0.25, -0.2) is 0 Å². The molecule has 0 aromatic rings. The first-order valence-corrected chi connectivity index (χ1v) is 7.49. The summed E-state index contributed by atoms with van der Waals surface area (Å²) in [6.07, 6.45) is -0.0762. The molecule has 1 fully saturated rings. The summed E-state index contributed by atoms with van der Waals surface area (Å²) in [4.78, 5) is 23.0. The van der Waals surface area contributed by atoms with Gasteiger partial charge in [-0.15, -0.1) is 11.8 Å². The van der Waals surface area contributed by atoms with Gasteiger partial charge in [0.1, 0.15) is 6.42 Å². The molecule has 5 heteroatoms. The van der Waals surface area contributed by atoms with Gasteiger partial charge in [-0.2, -0.15) is 11.8 Å². The number of rotatable bonds is 4. The van der Waals surface area contributed by atoms with E-state index in [0.29, 0.717) is 17.1 Å². The maximum atomic E-state index is 11.8. The molecule has 1 saturated heterocycles. The summed E-state index contributed by atoms with van der Waals surface area (Å²) in [5, 5.41) is 1.01. The first kappa shape index (κ1) is 13.9. The van der Waals surface area contributed by atoms with Gasteiger partial charge in [-0.3, -0.25) is 9.59 Å². The molecule has 0 spiro atoms. The number of ether oxygens (including phenoxy) is 1. The topological polar surface area (TPSA) is 43.4 Å². The second-order valence-corrected chi connectivity index (χ2v) is 6.81. The van der Waals surface area contributed by atoms with Crippen LogP contribution < -0.4 is 0 Å². The van der Waals surface area contributed by atoms with E-state index in [1.165, 1.54) is 0 Å². The van der Waals surface area contributed by atoms with Crippen LogP contribution in [0.5, 0.6) is 0 Å². The Morgan fingerprint density at radius 3 is 2.56 bits per heavy atom. The van der Waals surface area contributed by atoms with Gasteiger partial charge < -0.3 is 4.74 Å². The minimum Gasteiger partial charge on any atom is -0.466 e. The molecular weight excluding hydrogens is 244 g/mol. The van der Waals surface area contributed by atoms with Gasteiger partial charge in [0.05, 0.1) is 11.9 Å². The number of ketones is 1. The van der Waals surface area contributed by atoms with Crippen molar-refractivity contribution in [1.82, 2.24) is 0 Å². The van der Waals surface area contributed by atoms with Crippen LogP contribution in [0.15, 0.2) is 0 Å². The Morgan fingerprint density at radius 1 is 1.31 bits per heavy atom. The molecule has 1 aliphatic heterocycles. The van der Waals surface area contributed by atoms with Crippen molar-refractivity contribution in [3.63, 3.8) is 0 Å². The summed E-state index contributed by atoms with van der Waals surface area (Å²) in [6, 6.07) is 0. The van der Waals surface area contributed by atoms with Crippen molar-refractivity contribution in [1.29, 1.82) is 0 Å². The van der Waals surface area contributed by atoms with Crippen molar-refractivity contribution in [2.24, 2.45) is 0 Å². The number of Topliss-reactive ketones (excluding diaryl/α,β-unsaturated/α-hetero) is 1. The number of hydrogen-bond donors (Lipinski definition) is 0. The summed E-state index contributed by atoms with van der Waals surface area (Å²) in [5.74, 6) is 0.424. The third-order valence-electron chi connectivity index (χ3n) is 2.53. The lowest BCUT2D eigenvalue weighted by Gasteiger charge is -2.30. The molecule has 0 aromatic carbocycles. The molecule has 3 nitrogen and oxygen atoms in total. The van der Waals surface area contributed by atoms with Crippen LogP contribution in [0, 0.1) is 0 Å². The normalized spacial score (nSPS) is 29.8. The number of carbonyl (C=O) groups is 2. The molecule has 3 unspecified atom stereocenters. The molecule has 3 atom stereocenters. The van der Waals surface area contributed by atoms with Crippen LogP contribution in [-0.4, -0.2) is 39.9 Å². The standard InChI is InChI=1S/C11H18O3S2/c1-4-14-11(13)5-9(12)10-6-15-7(2)8(3)16-10/h7-8,10H,4-6H2,1-3H3. The molecule has 0 radical (unpaired) electrons. The Kier molecular flexibility index (Phi) is 5.69. The second kappa shape index (κ2) is 6.55. The average Bonchev–Trinajstić information content (AvgIpc) is 2.22. The van der Waals surface area contributed by atoms with Gasteiger partial charge in [0, 0.05) is 16.3 Å². The fourth-order valence-corrected chi connectivity index (χ4v) is 4.31. The van der Waals surface area contributed by atoms with E-state index in [2.05, 4.69) is 13.8 Å². The number of hydrogen-bond acceptors (Lipinski definition) is 5. The smallest absolute Gasteiger partial charge is 0.313 e. The van der Waals surface area contributed by atoms with Gasteiger partial charge in [0.25, 0.3) is 0 Å². The zero-order valence-corrected chi connectivity index (χ0v) is 11.5. The van der Waals surface area contributed by atoms with E-state index in [0.717, 1.165) is 5.75 Å². The summed E-state index contributed by atoms with van der Waals surface area (Å²) < 4.78 is 4.78. The van der Waals surface area contributed by atoms with Crippen LogP contribution in [0.1, 0.15) is 27.2 Å².